The van der Waals surface area contributed by atoms with Gasteiger partial charge in [0.05, 0.1) is 7.11 Å². The van der Waals surface area contributed by atoms with Gasteiger partial charge in [-0.25, -0.2) is 0 Å². The summed E-state index contributed by atoms with van der Waals surface area (Å²) in [5.74, 6) is 1.46. The molecular formula is C16H28N2O. The van der Waals surface area contributed by atoms with Gasteiger partial charge >= 0.3 is 0 Å². The highest BCUT2D eigenvalue weighted by atomic mass is 16.5. The molecule has 1 aromatic rings. The van der Waals surface area contributed by atoms with E-state index in [-0.39, 0.29) is 0 Å². The molecule has 0 fully saturated rings. The Balaban J connectivity index is 3.06. The molecule has 108 valence electrons. The summed E-state index contributed by atoms with van der Waals surface area (Å²) < 4.78 is 5.46. The van der Waals surface area contributed by atoms with Crippen LogP contribution < -0.4 is 10.1 Å². The molecule has 0 saturated carbocycles. The van der Waals surface area contributed by atoms with Crippen LogP contribution in [0.5, 0.6) is 5.75 Å². The standard InChI is InChI=1S/C16H28N2O/c1-12(2)14-11-13(7-8-16(14)19-6)15(18(4)5)9-10-17-3/h7-8,11-12,15,17H,9-10H2,1-6H3. The molecule has 0 saturated heterocycles. The number of nitrogens with zero attached hydrogens (tertiary/aromatic N) is 1. The topological polar surface area (TPSA) is 24.5 Å². The number of ether oxygens (including phenoxy) is 1. The van der Waals surface area contributed by atoms with Crippen LogP contribution in [0.4, 0.5) is 0 Å². The summed E-state index contributed by atoms with van der Waals surface area (Å²) in [5.41, 5.74) is 2.65. The highest BCUT2D eigenvalue weighted by molar-refractivity contribution is 5.40. The number of rotatable bonds is 7. The number of benzene rings is 1. The van der Waals surface area contributed by atoms with Crippen molar-refractivity contribution in [3.63, 3.8) is 0 Å². The predicted molar refractivity (Wildman–Crippen MR) is 82.1 cm³/mol. The zero-order valence-corrected chi connectivity index (χ0v) is 13.2. The Morgan fingerprint density at radius 2 is 1.95 bits per heavy atom. The Labute approximate surface area is 118 Å². The fourth-order valence-corrected chi connectivity index (χ4v) is 2.42. The zero-order chi connectivity index (χ0) is 14.4. The van der Waals surface area contributed by atoms with Crippen molar-refractivity contribution in [2.45, 2.75) is 32.2 Å². The van der Waals surface area contributed by atoms with Crippen molar-refractivity contribution in [2.24, 2.45) is 0 Å². The summed E-state index contributed by atoms with van der Waals surface area (Å²) in [6, 6.07) is 7.02. The summed E-state index contributed by atoms with van der Waals surface area (Å²) in [6.45, 7) is 5.44. The third kappa shape index (κ3) is 4.22. The largest absolute Gasteiger partial charge is 0.496 e. The first-order valence-corrected chi connectivity index (χ1v) is 7.00. The van der Waals surface area contributed by atoms with Crippen LogP contribution in [0.3, 0.4) is 0 Å². The van der Waals surface area contributed by atoms with E-state index in [0.29, 0.717) is 12.0 Å². The van der Waals surface area contributed by atoms with Gasteiger partial charge in [-0.2, -0.15) is 0 Å². The van der Waals surface area contributed by atoms with Crippen LogP contribution >= 0.6 is 0 Å². The van der Waals surface area contributed by atoms with E-state index >= 15 is 0 Å². The van der Waals surface area contributed by atoms with Crippen molar-refractivity contribution in [3.8, 4) is 5.75 Å². The van der Waals surface area contributed by atoms with Crippen molar-refractivity contribution < 1.29 is 4.74 Å². The van der Waals surface area contributed by atoms with E-state index in [2.05, 4.69) is 56.4 Å². The molecule has 1 N–H and O–H groups in total. The molecule has 0 amide bonds. The van der Waals surface area contributed by atoms with Crippen LogP contribution in [0.15, 0.2) is 18.2 Å². The normalized spacial score (nSPS) is 13.1. The minimum absolute atomic E-state index is 0.441. The molecule has 0 spiro atoms. The molecule has 3 nitrogen and oxygen atoms in total. The van der Waals surface area contributed by atoms with Crippen LogP contribution in [0, 0.1) is 0 Å². The molecule has 0 aliphatic carbocycles. The van der Waals surface area contributed by atoms with E-state index in [1.54, 1.807) is 7.11 Å². The Bertz CT molecular complexity index is 388. The summed E-state index contributed by atoms with van der Waals surface area (Å²) >= 11 is 0. The third-order valence-corrected chi connectivity index (χ3v) is 3.55. The SMILES string of the molecule is CNCCC(c1ccc(OC)c(C(C)C)c1)N(C)C. The van der Waals surface area contributed by atoms with Gasteiger partial charge in [0.15, 0.2) is 0 Å². The van der Waals surface area contributed by atoms with Gasteiger partial charge in [0, 0.05) is 6.04 Å². The van der Waals surface area contributed by atoms with Gasteiger partial charge in [-0.15, -0.1) is 0 Å². The van der Waals surface area contributed by atoms with Crippen molar-refractivity contribution >= 4 is 0 Å². The molecule has 0 heterocycles. The Morgan fingerprint density at radius 1 is 1.26 bits per heavy atom. The molecule has 0 bridgehead atoms. The number of methoxy groups -OCH3 is 1. The summed E-state index contributed by atoms with van der Waals surface area (Å²) in [6.07, 6.45) is 1.10. The Hall–Kier alpha value is -1.06. The second kappa shape index (κ2) is 7.51. The fourth-order valence-electron chi connectivity index (χ4n) is 2.42. The van der Waals surface area contributed by atoms with Crippen LogP contribution in [-0.4, -0.2) is 39.7 Å². The summed E-state index contributed by atoms with van der Waals surface area (Å²) in [5, 5.41) is 3.23. The smallest absolute Gasteiger partial charge is 0.122 e. The minimum Gasteiger partial charge on any atom is -0.496 e. The summed E-state index contributed by atoms with van der Waals surface area (Å²) in [7, 11) is 8.02. The number of hydrogen-bond acceptors (Lipinski definition) is 3. The van der Waals surface area contributed by atoms with Crippen molar-refractivity contribution in [1.29, 1.82) is 0 Å². The molecule has 3 heteroatoms. The zero-order valence-electron chi connectivity index (χ0n) is 13.2. The fraction of sp³-hybridized carbons (Fsp3) is 0.625. The number of hydrogen-bond donors (Lipinski definition) is 1. The van der Waals surface area contributed by atoms with E-state index in [0.717, 1.165) is 18.7 Å². The van der Waals surface area contributed by atoms with E-state index < -0.39 is 0 Å². The van der Waals surface area contributed by atoms with Crippen molar-refractivity contribution in [2.75, 3.05) is 34.8 Å². The molecule has 1 aromatic carbocycles. The molecule has 0 aliphatic rings. The first-order valence-electron chi connectivity index (χ1n) is 7.00. The van der Waals surface area contributed by atoms with Gasteiger partial charge in [0.25, 0.3) is 0 Å². The average Bonchev–Trinajstić information content (AvgIpc) is 2.38. The van der Waals surface area contributed by atoms with Crippen LogP contribution in [0.1, 0.15) is 43.4 Å². The lowest BCUT2D eigenvalue weighted by atomic mass is 9.95. The Morgan fingerprint density at radius 3 is 2.42 bits per heavy atom. The second-order valence-electron chi connectivity index (χ2n) is 5.53. The van der Waals surface area contributed by atoms with Crippen molar-refractivity contribution in [3.05, 3.63) is 29.3 Å². The molecule has 19 heavy (non-hydrogen) atoms. The van der Waals surface area contributed by atoms with Crippen LogP contribution in [0.25, 0.3) is 0 Å². The molecular weight excluding hydrogens is 236 g/mol. The lowest BCUT2D eigenvalue weighted by Crippen LogP contribution is -2.24. The monoisotopic (exact) mass is 264 g/mol. The van der Waals surface area contributed by atoms with Gasteiger partial charge < -0.3 is 15.0 Å². The third-order valence-electron chi connectivity index (χ3n) is 3.55. The lowest BCUT2D eigenvalue weighted by Gasteiger charge is -2.26. The van der Waals surface area contributed by atoms with Gasteiger partial charge in [-0.1, -0.05) is 26.0 Å². The molecule has 1 atom stereocenters. The van der Waals surface area contributed by atoms with Crippen molar-refractivity contribution in [1.82, 2.24) is 10.2 Å². The highest BCUT2D eigenvalue weighted by Crippen LogP contribution is 2.31. The van der Waals surface area contributed by atoms with E-state index in [1.165, 1.54) is 11.1 Å². The van der Waals surface area contributed by atoms with Gasteiger partial charge in [-0.05, 0) is 57.2 Å². The quantitative estimate of drug-likeness (QED) is 0.819. The predicted octanol–water partition coefficient (Wildman–Crippen LogP) is 3.03. The van der Waals surface area contributed by atoms with Crippen LogP contribution in [0.2, 0.25) is 0 Å². The van der Waals surface area contributed by atoms with E-state index in [9.17, 15) is 0 Å². The van der Waals surface area contributed by atoms with Gasteiger partial charge in [0.1, 0.15) is 5.75 Å². The molecule has 0 radical (unpaired) electrons. The first-order chi connectivity index (χ1) is 9.01. The van der Waals surface area contributed by atoms with Gasteiger partial charge in [0.2, 0.25) is 0 Å². The number of nitrogens with one attached hydrogen (secondary N) is 1. The second-order valence-corrected chi connectivity index (χ2v) is 5.53. The minimum atomic E-state index is 0.441. The van der Waals surface area contributed by atoms with Gasteiger partial charge in [-0.3, -0.25) is 0 Å². The first kappa shape index (κ1) is 16.0. The van der Waals surface area contributed by atoms with E-state index in [1.807, 2.05) is 7.05 Å². The lowest BCUT2D eigenvalue weighted by molar-refractivity contribution is 0.282. The maximum absolute atomic E-state index is 5.46. The average molecular weight is 264 g/mol. The maximum Gasteiger partial charge on any atom is 0.122 e. The molecule has 0 aliphatic heterocycles. The highest BCUT2D eigenvalue weighted by Gasteiger charge is 2.16. The Kier molecular flexibility index (Phi) is 6.32. The van der Waals surface area contributed by atoms with Crippen LogP contribution in [-0.2, 0) is 0 Å². The maximum atomic E-state index is 5.46. The molecule has 1 rings (SSSR count). The summed E-state index contributed by atoms with van der Waals surface area (Å²) in [4.78, 5) is 2.28. The van der Waals surface area contributed by atoms with E-state index in [4.69, 9.17) is 4.74 Å². The molecule has 0 aromatic heterocycles. The molecule has 1 unspecified atom stereocenters.